The number of hydrogen-bond donors (Lipinski definition) is 1. The maximum atomic E-state index is 12.4. The Kier molecular flexibility index (Phi) is 4.54. The van der Waals surface area contributed by atoms with Crippen molar-refractivity contribution < 1.29 is 19.3 Å². The van der Waals surface area contributed by atoms with Crippen LogP contribution in [0.4, 0.5) is 0 Å². The fraction of sp³-hybridized carbons (Fsp3) is 0.806. The van der Waals surface area contributed by atoms with Crippen molar-refractivity contribution in [1.29, 1.82) is 0 Å². The molecule has 5 saturated carbocycles. The molecule has 7 atom stereocenters. The fourth-order valence-electron chi connectivity index (χ4n) is 11.0. The van der Waals surface area contributed by atoms with Gasteiger partial charge in [-0.15, -0.1) is 0 Å². The first-order chi connectivity index (χ1) is 17.4. The molecule has 1 aromatic carbocycles. The molecule has 1 N–H and O–H groups in total. The van der Waals surface area contributed by atoms with E-state index in [9.17, 15) is 5.11 Å². The third kappa shape index (κ3) is 2.45. The molecule has 0 amide bonds. The molecule has 0 radical (unpaired) electrons. The van der Waals surface area contributed by atoms with Crippen LogP contribution in [0.5, 0.6) is 11.5 Å². The van der Waals surface area contributed by atoms with Gasteiger partial charge in [0.15, 0.2) is 11.5 Å². The minimum absolute atomic E-state index is 0.0360. The highest BCUT2D eigenvalue weighted by Crippen LogP contribution is 2.78. The van der Waals surface area contributed by atoms with Gasteiger partial charge >= 0.3 is 0 Å². The molecular weight excluding hydrogens is 450 g/mol. The minimum Gasteiger partial charge on any atom is -0.493 e. The Morgan fingerprint density at radius 2 is 1.92 bits per heavy atom. The Morgan fingerprint density at radius 3 is 2.64 bits per heavy atom. The van der Waals surface area contributed by atoms with Crippen molar-refractivity contribution in [2.45, 2.75) is 106 Å². The van der Waals surface area contributed by atoms with Gasteiger partial charge in [0, 0.05) is 42.0 Å². The number of nitrogens with zero attached hydrogens (tertiary/aromatic N) is 1. The maximum Gasteiger partial charge on any atom is 0.165 e. The molecule has 2 spiro atoms. The largest absolute Gasteiger partial charge is 0.493 e. The van der Waals surface area contributed by atoms with E-state index in [0.717, 1.165) is 62.5 Å². The van der Waals surface area contributed by atoms with Crippen LogP contribution in [0.2, 0.25) is 0 Å². The topological polar surface area (TPSA) is 51.2 Å². The summed E-state index contributed by atoms with van der Waals surface area (Å²) in [6.07, 6.45) is 13.0. The molecule has 4 bridgehead atoms. The maximum absolute atomic E-state index is 12.4. The second-order valence-electron chi connectivity index (χ2n) is 13.8. The van der Waals surface area contributed by atoms with E-state index in [2.05, 4.69) is 24.0 Å². The van der Waals surface area contributed by atoms with Crippen molar-refractivity contribution in [3.8, 4) is 11.5 Å². The van der Waals surface area contributed by atoms with Gasteiger partial charge in [-0.2, -0.15) is 0 Å². The van der Waals surface area contributed by atoms with Crippen LogP contribution in [0.15, 0.2) is 12.1 Å². The molecular formula is C31H43NO4. The van der Waals surface area contributed by atoms with Gasteiger partial charge in [0.2, 0.25) is 0 Å². The summed E-state index contributed by atoms with van der Waals surface area (Å²) < 4.78 is 19.8. The summed E-state index contributed by atoms with van der Waals surface area (Å²) in [6, 6.07) is 5.00. The molecule has 6 fully saturated rings. The lowest BCUT2D eigenvalue weighted by atomic mass is 9.33. The van der Waals surface area contributed by atoms with Gasteiger partial charge in [-0.05, 0) is 94.7 Å². The summed E-state index contributed by atoms with van der Waals surface area (Å²) in [4.78, 5) is 2.89. The van der Waals surface area contributed by atoms with Crippen LogP contribution in [0.3, 0.4) is 0 Å². The van der Waals surface area contributed by atoms with Crippen molar-refractivity contribution >= 4 is 0 Å². The highest BCUT2D eigenvalue weighted by Gasteiger charge is 2.82. The van der Waals surface area contributed by atoms with E-state index in [1.807, 2.05) is 7.11 Å². The summed E-state index contributed by atoms with van der Waals surface area (Å²) in [6.45, 7) is 4.57. The van der Waals surface area contributed by atoms with Crippen molar-refractivity contribution in [3.05, 3.63) is 23.3 Å². The number of rotatable bonds is 6. The number of ether oxygens (including phenoxy) is 3. The average Bonchev–Trinajstić information content (AvgIpc) is 3.37. The zero-order valence-corrected chi connectivity index (χ0v) is 22.4. The van der Waals surface area contributed by atoms with Gasteiger partial charge in [0.25, 0.3) is 0 Å². The Labute approximate surface area is 215 Å². The van der Waals surface area contributed by atoms with E-state index >= 15 is 0 Å². The van der Waals surface area contributed by atoms with E-state index in [1.165, 1.54) is 49.8 Å². The molecule has 8 aliphatic rings. The minimum atomic E-state index is -0.736. The molecule has 9 rings (SSSR count). The average molecular weight is 494 g/mol. The normalized spacial score (nSPS) is 44.3. The Hall–Kier alpha value is -1.30. The molecule has 0 aromatic heterocycles. The van der Waals surface area contributed by atoms with Crippen LogP contribution < -0.4 is 9.47 Å². The number of methoxy groups -OCH3 is 2. The highest BCUT2D eigenvalue weighted by molar-refractivity contribution is 5.63. The monoisotopic (exact) mass is 493 g/mol. The number of hydrogen-bond acceptors (Lipinski definition) is 5. The third-order valence-electron chi connectivity index (χ3n) is 12.8. The lowest BCUT2D eigenvalue weighted by molar-refractivity contribution is -0.307. The van der Waals surface area contributed by atoms with Gasteiger partial charge < -0.3 is 19.3 Å². The SMILES string of the molecule is COc1ccc2c3c1O[C@H]1[C@@]4(OC)CC[C@@]5(C[C@@H]4[C@@](C)(O)C4CCCC4)[C@@H](C2)N(CC2CC2)CC[C@]315. The van der Waals surface area contributed by atoms with Crippen LogP contribution in [-0.2, 0) is 16.6 Å². The predicted molar refractivity (Wildman–Crippen MR) is 138 cm³/mol. The van der Waals surface area contributed by atoms with Crippen molar-refractivity contribution in [3.63, 3.8) is 0 Å². The fourth-order valence-corrected chi connectivity index (χ4v) is 11.0. The highest BCUT2D eigenvalue weighted by atomic mass is 16.6. The van der Waals surface area contributed by atoms with E-state index in [1.54, 1.807) is 7.11 Å². The smallest absolute Gasteiger partial charge is 0.165 e. The first kappa shape index (κ1) is 22.7. The van der Waals surface area contributed by atoms with Crippen molar-refractivity contribution in [2.75, 3.05) is 27.3 Å². The predicted octanol–water partition coefficient (Wildman–Crippen LogP) is 4.86. The Balaban J connectivity index is 1.34. The van der Waals surface area contributed by atoms with Gasteiger partial charge in [-0.25, -0.2) is 0 Å². The molecule has 36 heavy (non-hydrogen) atoms. The summed E-state index contributed by atoms with van der Waals surface area (Å²) in [5.41, 5.74) is 1.82. The first-order valence-corrected chi connectivity index (χ1v) is 14.8. The second-order valence-corrected chi connectivity index (χ2v) is 13.8. The van der Waals surface area contributed by atoms with Gasteiger partial charge in [0.05, 0.1) is 12.7 Å². The van der Waals surface area contributed by atoms with Crippen LogP contribution in [0.25, 0.3) is 0 Å². The van der Waals surface area contributed by atoms with Crippen LogP contribution in [0.1, 0.15) is 82.3 Å². The van der Waals surface area contributed by atoms with Gasteiger partial charge in [0.1, 0.15) is 11.7 Å². The van der Waals surface area contributed by atoms with Crippen LogP contribution in [-0.4, -0.2) is 60.7 Å². The molecule has 1 saturated heterocycles. The van der Waals surface area contributed by atoms with Crippen LogP contribution in [0, 0.1) is 23.2 Å². The van der Waals surface area contributed by atoms with E-state index in [4.69, 9.17) is 14.2 Å². The molecule has 5 nitrogen and oxygen atoms in total. The lowest BCUT2D eigenvalue weighted by Crippen LogP contribution is -2.83. The number of benzene rings is 1. The molecule has 6 aliphatic carbocycles. The summed E-state index contributed by atoms with van der Waals surface area (Å²) in [5.74, 6) is 3.21. The van der Waals surface area contributed by atoms with Gasteiger partial charge in [-0.3, -0.25) is 4.90 Å². The second kappa shape index (κ2) is 7.21. The molecule has 2 aliphatic heterocycles. The Bertz CT molecular complexity index is 1090. The van der Waals surface area contributed by atoms with Crippen LogP contribution >= 0.6 is 0 Å². The summed E-state index contributed by atoms with van der Waals surface area (Å²) in [7, 11) is 3.68. The van der Waals surface area contributed by atoms with Crippen molar-refractivity contribution in [1.82, 2.24) is 4.90 Å². The lowest BCUT2D eigenvalue weighted by Gasteiger charge is -2.75. The zero-order chi connectivity index (χ0) is 24.5. The molecule has 1 aromatic rings. The van der Waals surface area contributed by atoms with E-state index < -0.39 is 11.2 Å². The quantitative estimate of drug-likeness (QED) is 0.613. The third-order valence-corrected chi connectivity index (χ3v) is 12.8. The van der Waals surface area contributed by atoms with Gasteiger partial charge in [-0.1, -0.05) is 18.9 Å². The standard InChI is InChI=1S/C31H43NO4/c1-28(33,21-6-4-5-7-21)23-17-29-12-13-31(23,35-3)27-30(29)14-15-32(18-19-8-9-19)24(29)16-20-10-11-22(34-2)26(36-27)25(20)30/h10-11,19,21,23-24,27,33H,4-9,12-18H2,1-3H3/t23-,24-,27-,28+,29-,30+,31-/m1/s1. The number of aliphatic hydroxyl groups is 1. The van der Waals surface area contributed by atoms with Crippen molar-refractivity contribution in [2.24, 2.45) is 23.2 Å². The summed E-state index contributed by atoms with van der Waals surface area (Å²) >= 11 is 0. The molecule has 0 unspecified atom stereocenters. The first-order valence-electron chi connectivity index (χ1n) is 14.8. The number of fused-ring (bicyclic) bond motifs is 2. The zero-order valence-electron chi connectivity index (χ0n) is 22.4. The molecule has 196 valence electrons. The number of likely N-dealkylation sites (tertiary alicyclic amines) is 1. The van der Waals surface area contributed by atoms with E-state index in [-0.39, 0.29) is 22.9 Å². The summed E-state index contributed by atoms with van der Waals surface area (Å²) in [5, 5.41) is 12.4. The van der Waals surface area contributed by atoms with E-state index in [0.29, 0.717) is 12.0 Å². The molecule has 2 heterocycles. The Morgan fingerprint density at radius 1 is 1.11 bits per heavy atom. The number of piperidine rings is 1. The molecule has 5 heteroatoms.